The predicted molar refractivity (Wildman–Crippen MR) is 65.6 cm³/mol. The third-order valence-electron chi connectivity index (χ3n) is 2.77. The van der Waals surface area contributed by atoms with Crippen LogP contribution in [-0.2, 0) is 16.0 Å². The van der Waals surface area contributed by atoms with Gasteiger partial charge in [-0.1, -0.05) is 25.1 Å². The third-order valence-corrected chi connectivity index (χ3v) is 2.77. The highest BCUT2D eigenvalue weighted by molar-refractivity contribution is 6.39. The summed E-state index contributed by atoms with van der Waals surface area (Å²) in [7, 11) is 0. The van der Waals surface area contributed by atoms with Crippen LogP contribution in [0.15, 0.2) is 24.3 Å². The summed E-state index contributed by atoms with van der Waals surface area (Å²) < 4.78 is 0. The summed E-state index contributed by atoms with van der Waals surface area (Å²) in [5.41, 5.74) is 1.74. The maximum atomic E-state index is 11.6. The fourth-order valence-electron chi connectivity index (χ4n) is 1.61. The lowest BCUT2D eigenvalue weighted by Gasteiger charge is -2.09. The maximum absolute atomic E-state index is 11.6. The van der Waals surface area contributed by atoms with Gasteiger partial charge in [0.2, 0.25) is 0 Å². The quantitative estimate of drug-likeness (QED) is 0.775. The van der Waals surface area contributed by atoms with Crippen LogP contribution >= 0.6 is 0 Å². The van der Waals surface area contributed by atoms with Crippen LogP contribution in [0.2, 0.25) is 0 Å². The van der Waals surface area contributed by atoms with E-state index in [2.05, 4.69) is 10.6 Å². The molecule has 1 fully saturated rings. The van der Waals surface area contributed by atoms with Crippen LogP contribution in [0.3, 0.4) is 0 Å². The molecule has 90 valence electrons. The van der Waals surface area contributed by atoms with E-state index in [1.165, 1.54) is 0 Å². The standard InChI is InChI=1S/C13H16N2O2/c1-2-9-5-3-4-6-11(9)15-13(17)12(16)14-10-7-8-10/h3-6,10H,2,7-8H2,1H3,(H,14,16)(H,15,17). The molecule has 1 aliphatic rings. The average Bonchev–Trinajstić information content (AvgIpc) is 3.13. The van der Waals surface area contributed by atoms with E-state index in [1.54, 1.807) is 6.07 Å². The van der Waals surface area contributed by atoms with Crippen LogP contribution in [0.1, 0.15) is 25.3 Å². The summed E-state index contributed by atoms with van der Waals surface area (Å²) in [5, 5.41) is 5.30. The van der Waals surface area contributed by atoms with Gasteiger partial charge >= 0.3 is 11.8 Å². The van der Waals surface area contributed by atoms with E-state index in [1.807, 2.05) is 25.1 Å². The number of carbonyl (C=O) groups is 2. The lowest BCUT2D eigenvalue weighted by molar-refractivity contribution is -0.136. The number of carbonyl (C=O) groups excluding carboxylic acids is 2. The molecular weight excluding hydrogens is 216 g/mol. The van der Waals surface area contributed by atoms with Gasteiger partial charge in [-0.25, -0.2) is 0 Å². The largest absolute Gasteiger partial charge is 0.345 e. The number of rotatable bonds is 3. The first-order valence-electron chi connectivity index (χ1n) is 5.90. The van der Waals surface area contributed by atoms with Crippen molar-refractivity contribution >= 4 is 17.5 Å². The fraction of sp³-hybridized carbons (Fsp3) is 0.385. The Kier molecular flexibility index (Phi) is 3.42. The summed E-state index contributed by atoms with van der Waals surface area (Å²) >= 11 is 0. The Morgan fingerprint density at radius 3 is 2.59 bits per heavy atom. The van der Waals surface area contributed by atoms with E-state index in [4.69, 9.17) is 0 Å². The Labute approximate surface area is 100 Å². The van der Waals surface area contributed by atoms with Crippen molar-refractivity contribution in [2.24, 2.45) is 0 Å². The van der Waals surface area contributed by atoms with Gasteiger partial charge in [0, 0.05) is 11.7 Å². The number of amides is 2. The molecule has 0 radical (unpaired) electrons. The number of nitrogens with one attached hydrogen (secondary N) is 2. The monoisotopic (exact) mass is 232 g/mol. The van der Waals surface area contributed by atoms with Crippen LogP contribution in [0, 0.1) is 0 Å². The van der Waals surface area contributed by atoms with Crippen LogP contribution < -0.4 is 10.6 Å². The van der Waals surface area contributed by atoms with Gasteiger partial charge in [0.1, 0.15) is 0 Å². The SMILES string of the molecule is CCc1ccccc1NC(=O)C(=O)NC1CC1. The zero-order valence-corrected chi connectivity index (χ0v) is 9.82. The van der Waals surface area contributed by atoms with Crippen LogP contribution in [0.4, 0.5) is 5.69 Å². The molecule has 2 N–H and O–H groups in total. The maximum Gasteiger partial charge on any atom is 0.313 e. The first-order chi connectivity index (χ1) is 8.20. The van der Waals surface area contributed by atoms with Crippen molar-refractivity contribution in [3.05, 3.63) is 29.8 Å². The molecule has 17 heavy (non-hydrogen) atoms. The normalized spacial score (nSPS) is 14.2. The number of benzene rings is 1. The number of anilines is 1. The van der Waals surface area contributed by atoms with Crippen molar-refractivity contribution in [3.8, 4) is 0 Å². The van der Waals surface area contributed by atoms with E-state index in [0.717, 1.165) is 24.8 Å². The lowest BCUT2D eigenvalue weighted by atomic mass is 10.1. The molecule has 0 bridgehead atoms. The summed E-state index contributed by atoms with van der Waals surface area (Å²) in [4.78, 5) is 23.1. The molecule has 1 aromatic rings. The second-order valence-electron chi connectivity index (χ2n) is 4.21. The molecule has 0 atom stereocenters. The number of aryl methyl sites for hydroxylation is 1. The summed E-state index contributed by atoms with van der Waals surface area (Å²) in [5.74, 6) is -1.13. The van der Waals surface area contributed by atoms with Crippen molar-refractivity contribution in [1.29, 1.82) is 0 Å². The fourth-order valence-corrected chi connectivity index (χ4v) is 1.61. The zero-order valence-electron chi connectivity index (χ0n) is 9.82. The van der Waals surface area contributed by atoms with Gasteiger partial charge in [-0.05, 0) is 30.9 Å². The summed E-state index contributed by atoms with van der Waals surface area (Å²) in [6.45, 7) is 2.01. The molecule has 2 rings (SSSR count). The van der Waals surface area contributed by atoms with Gasteiger partial charge in [0.25, 0.3) is 0 Å². The molecular formula is C13H16N2O2. The molecule has 0 heterocycles. The van der Waals surface area contributed by atoms with Gasteiger partial charge in [-0.2, -0.15) is 0 Å². The highest BCUT2D eigenvalue weighted by atomic mass is 16.2. The minimum atomic E-state index is -0.585. The van der Waals surface area contributed by atoms with Gasteiger partial charge in [0.05, 0.1) is 0 Å². The van der Waals surface area contributed by atoms with E-state index >= 15 is 0 Å². The van der Waals surface area contributed by atoms with E-state index in [0.29, 0.717) is 5.69 Å². The zero-order chi connectivity index (χ0) is 12.3. The van der Waals surface area contributed by atoms with E-state index in [-0.39, 0.29) is 6.04 Å². The van der Waals surface area contributed by atoms with E-state index in [9.17, 15) is 9.59 Å². The molecule has 1 aliphatic carbocycles. The Hall–Kier alpha value is -1.84. The van der Waals surface area contributed by atoms with Crippen LogP contribution in [-0.4, -0.2) is 17.9 Å². The molecule has 1 aromatic carbocycles. The van der Waals surface area contributed by atoms with Crippen molar-refractivity contribution in [2.75, 3.05) is 5.32 Å². The second kappa shape index (κ2) is 4.99. The van der Waals surface area contributed by atoms with Gasteiger partial charge in [-0.15, -0.1) is 0 Å². The summed E-state index contributed by atoms with van der Waals surface area (Å²) in [6.07, 6.45) is 2.77. The lowest BCUT2D eigenvalue weighted by Crippen LogP contribution is -2.36. The molecule has 4 heteroatoms. The first-order valence-corrected chi connectivity index (χ1v) is 5.90. The van der Waals surface area contributed by atoms with Gasteiger partial charge < -0.3 is 10.6 Å². The molecule has 0 aliphatic heterocycles. The Bertz CT molecular complexity index is 439. The highest BCUT2D eigenvalue weighted by Gasteiger charge is 2.26. The smallest absolute Gasteiger partial charge is 0.313 e. The molecule has 0 spiro atoms. The second-order valence-corrected chi connectivity index (χ2v) is 4.21. The Morgan fingerprint density at radius 1 is 1.24 bits per heavy atom. The van der Waals surface area contributed by atoms with Gasteiger partial charge in [-0.3, -0.25) is 9.59 Å². The molecule has 1 saturated carbocycles. The molecule has 4 nitrogen and oxygen atoms in total. The van der Waals surface area contributed by atoms with Crippen molar-refractivity contribution in [2.45, 2.75) is 32.2 Å². The first kappa shape index (κ1) is 11.6. The number of hydrogen-bond acceptors (Lipinski definition) is 2. The van der Waals surface area contributed by atoms with Crippen molar-refractivity contribution in [1.82, 2.24) is 5.32 Å². The number of hydrogen-bond donors (Lipinski definition) is 2. The Balaban J connectivity index is 1.98. The van der Waals surface area contributed by atoms with Crippen LogP contribution in [0.25, 0.3) is 0 Å². The predicted octanol–water partition coefficient (Wildman–Crippen LogP) is 1.47. The third kappa shape index (κ3) is 3.06. The van der Waals surface area contributed by atoms with E-state index < -0.39 is 11.8 Å². The average molecular weight is 232 g/mol. The minimum absolute atomic E-state index is 0.203. The molecule has 2 amide bonds. The van der Waals surface area contributed by atoms with Crippen molar-refractivity contribution < 1.29 is 9.59 Å². The van der Waals surface area contributed by atoms with Crippen molar-refractivity contribution in [3.63, 3.8) is 0 Å². The van der Waals surface area contributed by atoms with Gasteiger partial charge in [0.15, 0.2) is 0 Å². The Morgan fingerprint density at radius 2 is 1.94 bits per heavy atom. The molecule has 0 unspecified atom stereocenters. The molecule has 0 saturated heterocycles. The highest BCUT2D eigenvalue weighted by Crippen LogP contribution is 2.19. The minimum Gasteiger partial charge on any atom is -0.345 e. The summed E-state index contributed by atoms with van der Waals surface area (Å²) in [6, 6.07) is 7.71. The number of para-hydroxylation sites is 1. The topological polar surface area (TPSA) is 58.2 Å². The van der Waals surface area contributed by atoms with Crippen LogP contribution in [0.5, 0.6) is 0 Å². The molecule has 0 aromatic heterocycles.